The number of aromatic nitrogens is 4. The number of aliphatic carboxylic acids is 1. The Bertz CT molecular complexity index is 1380. The van der Waals surface area contributed by atoms with Crippen molar-refractivity contribution in [2.45, 2.75) is 64.5 Å². The smallest absolute Gasteiger partial charge is 0.327 e. The minimum atomic E-state index is -0.907. The van der Waals surface area contributed by atoms with Crippen molar-refractivity contribution in [2.75, 3.05) is 39.0 Å². The third kappa shape index (κ3) is 7.38. The quantitative estimate of drug-likeness (QED) is 0.269. The van der Waals surface area contributed by atoms with Crippen LogP contribution in [0.25, 0.3) is 11.2 Å². The van der Waals surface area contributed by atoms with Crippen molar-refractivity contribution in [1.29, 1.82) is 0 Å². The zero-order chi connectivity index (χ0) is 28.6. The number of carbonyl (C=O) groups is 2. The Labute approximate surface area is 233 Å². The number of hydrogen-bond acceptors (Lipinski definition) is 8. The summed E-state index contributed by atoms with van der Waals surface area (Å²) in [5.41, 5.74) is 7.95. The normalized spacial score (nSPS) is 14.4. The Balaban J connectivity index is 1.49. The lowest BCUT2D eigenvalue weighted by Gasteiger charge is -2.37. The van der Waals surface area contributed by atoms with E-state index in [2.05, 4.69) is 33.8 Å². The fourth-order valence-electron chi connectivity index (χ4n) is 5.13. The summed E-state index contributed by atoms with van der Waals surface area (Å²) in [5.74, 6) is -0.761. The number of nitrogens with zero attached hydrogens (tertiary/aromatic N) is 5. The number of rotatable bonds is 13. The van der Waals surface area contributed by atoms with Crippen LogP contribution in [0.1, 0.15) is 50.2 Å². The molecule has 0 atom stereocenters. The van der Waals surface area contributed by atoms with Gasteiger partial charge in [0.2, 0.25) is 5.91 Å². The predicted molar refractivity (Wildman–Crippen MR) is 151 cm³/mol. The molecular formula is C28H39N7O5. The maximum atomic E-state index is 13.6. The standard InChI is InChI=1S/C28H39N7O5/c1-3-4-15-40-27-31-25(29)24-26(32-27)35(28(39)30-24)12-6-11-34(21-9-13-33(2)14-10-21)22(36)17-19-7-5-8-20(16-19)18-23(37)38/h5,7-8,16,21H,3-4,6,9-15,17-18H2,1-2H3,(H,30,39)(H,37,38)(H2,29,31,32). The number of piperidine rings is 1. The number of unbranched alkanes of at least 4 members (excludes halogenated alkanes) is 1. The second-order valence-corrected chi connectivity index (χ2v) is 10.4. The summed E-state index contributed by atoms with van der Waals surface area (Å²) < 4.78 is 7.15. The van der Waals surface area contributed by atoms with Crippen LogP contribution in [-0.2, 0) is 29.0 Å². The zero-order valence-electron chi connectivity index (χ0n) is 23.3. The second kappa shape index (κ2) is 13.4. The maximum absolute atomic E-state index is 13.6. The molecule has 0 radical (unpaired) electrons. The zero-order valence-corrected chi connectivity index (χ0v) is 23.3. The number of nitrogen functional groups attached to an aromatic ring is 1. The monoisotopic (exact) mass is 553 g/mol. The number of benzene rings is 1. The largest absolute Gasteiger partial charge is 0.481 e. The first kappa shape index (κ1) is 29.1. The van der Waals surface area contributed by atoms with Crippen molar-refractivity contribution in [2.24, 2.45) is 0 Å². The molecule has 4 N–H and O–H groups in total. The number of amides is 1. The van der Waals surface area contributed by atoms with Gasteiger partial charge >= 0.3 is 17.7 Å². The molecule has 1 fully saturated rings. The molecule has 0 unspecified atom stereocenters. The lowest BCUT2D eigenvalue weighted by molar-refractivity contribution is -0.136. The Kier molecular flexibility index (Phi) is 9.75. The summed E-state index contributed by atoms with van der Waals surface area (Å²) in [4.78, 5) is 53.0. The van der Waals surface area contributed by atoms with Crippen LogP contribution in [0.3, 0.4) is 0 Å². The summed E-state index contributed by atoms with van der Waals surface area (Å²) in [5, 5.41) is 9.13. The van der Waals surface area contributed by atoms with Gasteiger partial charge in [-0.3, -0.25) is 14.2 Å². The van der Waals surface area contributed by atoms with Gasteiger partial charge in [0.1, 0.15) is 5.52 Å². The van der Waals surface area contributed by atoms with Gasteiger partial charge in [-0.05, 0) is 56.9 Å². The molecule has 1 saturated heterocycles. The molecular weight excluding hydrogens is 514 g/mol. The Hall–Kier alpha value is -3.93. The summed E-state index contributed by atoms with van der Waals surface area (Å²) in [7, 11) is 2.08. The molecule has 12 heteroatoms. The molecule has 0 bridgehead atoms. The summed E-state index contributed by atoms with van der Waals surface area (Å²) in [6, 6.07) is 7.42. The summed E-state index contributed by atoms with van der Waals surface area (Å²) in [6.45, 7) is 5.14. The highest BCUT2D eigenvalue weighted by Crippen LogP contribution is 2.20. The van der Waals surface area contributed by atoms with E-state index in [1.165, 1.54) is 4.57 Å². The highest BCUT2D eigenvalue weighted by molar-refractivity contribution is 5.82. The van der Waals surface area contributed by atoms with Crippen molar-refractivity contribution >= 4 is 28.9 Å². The molecule has 1 aromatic carbocycles. The topological polar surface area (TPSA) is 160 Å². The minimum Gasteiger partial charge on any atom is -0.481 e. The lowest BCUT2D eigenvalue weighted by atomic mass is 10.0. The molecule has 40 heavy (non-hydrogen) atoms. The van der Waals surface area contributed by atoms with Gasteiger partial charge in [-0.25, -0.2) is 4.79 Å². The molecule has 2 aromatic heterocycles. The van der Waals surface area contributed by atoms with Crippen LogP contribution >= 0.6 is 0 Å². The number of carboxylic acid groups (broad SMARTS) is 1. The Morgan fingerprint density at radius 3 is 2.60 bits per heavy atom. The molecule has 1 aliphatic rings. The number of carbonyl (C=O) groups excluding carboxylic acids is 1. The number of H-pyrrole nitrogens is 1. The molecule has 3 heterocycles. The van der Waals surface area contributed by atoms with E-state index >= 15 is 0 Å². The molecule has 216 valence electrons. The first-order chi connectivity index (χ1) is 19.2. The van der Waals surface area contributed by atoms with E-state index in [4.69, 9.17) is 15.6 Å². The summed E-state index contributed by atoms with van der Waals surface area (Å²) in [6.07, 6.45) is 4.21. The van der Waals surface area contributed by atoms with Gasteiger partial charge in [0.25, 0.3) is 0 Å². The van der Waals surface area contributed by atoms with Crippen LogP contribution in [0.5, 0.6) is 6.01 Å². The van der Waals surface area contributed by atoms with Gasteiger partial charge < -0.3 is 30.4 Å². The molecule has 3 aromatic rings. The third-order valence-corrected chi connectivity index (χ3v) is 7.29. The number of nitrogens with one attached hydrogen (secondary N) is 1. The van der Waals surface area contributed by atoms with Crippen molar-refractivity contribution < 1.29 is 19.4 Å². The van der Waals surface area contributed by atoms with Crippen molar-refractivity contribution in [1.82, 2.24) is 29.3 Å². The van der Waals surface area contributed by atoms with Gasteiger partial charge in [-0.1, -0.05) is 37.6 Å². The first-order valence-corrected chi connectivity index (χ1v) is 13.9. The van der Waals surface area contributed by atoms with Gasteiger partial charge in [-0.15, -0.1) is 0 Å². The average molecular weight is 554 g/mol. The lowest BCUT2D eigenvalue weighted by Crippen LogP contribution is -2.47. The van der Waals surface area contributed by atoms with Gasteiger partial charge in [0.15, 0.2) is 11.5 Å². The SMILES string of the molecule is CCCCOc1nc(N)c2[nH]c(=O)n(CCCN(C(=O)Cc3cccc(CC(=O)O)c3)C3CCN(C)CC3)c2n1. The molecule has 1 amide bonds. The number of anilines is 1. The highest BCUT2D eigenvalue weighted by Gasteiger charge is 2.27. The van der Waals surface area contributed by atoms with Crippen LogP contribution in [0.4, 0.5) is 5.82 Å². The number of likely N-dealkylation sites (tertiary alicyclic amines) is 1. The van der Waals surface area contributed by atoms with E-state index in [-0.39, 0.29) is 42.3 Å². The number of ether oxygens (including phenoxy) is 1. The van der Waals surface area contributed by atoms with Crippen molar-refractivity contribution in [3.8, 4) is 6.01 Å². The number of aryl methyl sites for hydroxylation is 1. The van der Waals surface area contributed by atoms with Gasteiger partial charge in [0, 0.05) is 19.1 Å². The molecule has 1 aliphatic heterocycles. The van der Waals surface area contributed by atoms with Crippen LogP contribution in [-0.4, -0.2) is 85.6 Å². The molecule has 0 aliphatic carbocycles. The highest BCUT2D eigenvalue weighted by atomic mass is 16.5. The fourth-order valence-corrected chi connectivity index (χ4v) is 5.13. The van der Waals surface area contributed by atoms with E-state index in [0.29, 0.717) is 42.8 Å². The number of carboxylic acids is 1. The molecule has 0 saturated carbocycles. The molecule has 0 spiro atoms. The maximum Gasteiger partial charge on any atom is 0.327 e. The number of aromatic amines is 1. The second-order valence-electron chi connectivity index (χ2n) is 10.4. The van der Waals surface area contributed by atoms with Crippen molar-refractivity contribution in [3.05, 3.63) is 45.9 Å². The van der Waals surface area contributed by atoms with E-state index in [1.807, 2.05) is 11.0 Å². The number of hydrogen-bond donors (Lipinski definition) is 3. The summed E-state index contributed by atoms with van der Waals surface area (Å²) >= 11 is 0. The predicted octanol–water partition coefficient (Wildman–Crippen LogP) is 2.06. The number of nitrogens with two attached hydrogens (primary N) is 1. The number of fused-ring (bicyclic) bond motifs is 1. The van der Waals surface area contributed by atoms with Gasteiger partial charge in [-0.2, -0.15) is 9.97 Å². The van der Waals surface area contributed by atoms with Crippen LogP contribution < -0.4 is 16.2 Å². The van der Waals surface area contributed by atoms with Gasteiger partial charge in [0.05, 0.1) is 19.4 Å². The first-order valence-electron chi connectivity index (χ1n) is 13.9. The van der Waals surface area contributed by atoms with Crippen LogP contribution in [0.15, 0.2) is 29.1 Å². The van der Waals surface area contributed by atoms with Crippen LogP contribution in [0.2, 0.25) is 0 Å². The van der Waals surface area contributed by atoms with E-state index in [9.17, 15) is 14.4 Å². The number of imidazole rings is 1. The minimum absolute atomic E-state index is 0.00789. The average Bonchev–Trinajstić information content (AvgIpc) is 3.23. The van der Waals surface area contributed by atoms with E-state index in [1.54, 1.807) is 18.2 Å². The Morgan fingerprint density at radius 2 is 1.90 bits per heavy atom. The van der Waals surface area contributed by atoms with Crippen molar-refractivity contribution in [3.63, 3.8) is 0 Å². The molecule has 4 rings (SSSR count). The van der Waals surface area contributed by atoms with Crippen LogP contribution in [0, 0.1) is 0 Å². The Morgan fingerprint density at radius 1 is 1.18 bits per heavy atom. The fraction of sp³-hybridized carbons (Fsp3) is 0.536. The van der Waals surface area contributed by atoms with E-state index in [0.717, 1.165) is 44.3 Å². The molecule has 12 nitrogen and oxygen atoms in total. The van der Waals surface area contributed by atoms with E-state index < -0.39 is 5.97 Å². The third-order valence-electron chi connectivity index (χ3n) is 7.29.